The molecule has 0 aromatic heterocycles. The lowest BCUT2D eigenvalue weighted by Gasteiger charge is -2.60. The summed E-state index contributed by atoms with van der Waals surface area (Å²) in [6.07, 6.45) is 44.3. The number of guanidine groups is 1. The first-order valence-electron chi connectivity index (χ1n) is 37.1. The number of nitrogens with one attached hydrogen (secondary N) is 1. The number of phenols is 1. The molecule has 10 bridgehead atoms. The lowest BCUT2D eigenvalue weighted by Crippen LogP contribution is -2.56. The summed E-state index contributed by atoms with van der Waals surface area (Å²) >= 11 is 0. The van der Waals surface area contributed by atoms with Crippen LogP contribution in [0.3, 0.4) is 0 Å². The van der Waals surface area contributed by atoms with Gasteiger partial charge in [0.2, 0.25) is 5.91 Å². The fourth-order valence-electron chi connectivity index (χ4n) is 26.5. The highest BCUT2D eigenvalue weighted by molar-refractivity contribution is 8.77. The fourth-order valence-corrected chi connectivity index (χ4v) is 30.5. The number of aromatic hydroxyl groups is 1. The van der Waals surface area contributed by atoms with Crippen LogP contribution >= 0.6 is 21.6 Å². The molecule has 1 amide bonds. The zero-order valence-electron chi connectivity index (χ0n) is 54.6. The number of benzene rings is 2. The van der Waals surface area contributed by atoms with Gasteiger partial charge < -0.3 is 40.7 Å². The Labute approximate surface area is 546 Å². The smallest absolute Gasteiger partial charge is 0.303 e. The van der Waals surface area contributed by atoms with Crippen LogP contribution in [0, 0.1) is 68.0 Å². The van der Waals surface area contributed by atoms with Gasteiger partial charge in [0.1, 0.15) is 16.1 Å². The number of allylic oxidation sites excluding steroid dienone is 1. The fraction of sp³-hybridized carbons (Fsp3) is 0.779. The number of aliphatic imine (C=N–C) groups is 1. The zero-order valence-corrected chi connectivity index (χ0v) is 56.2. The van der Waals surface area contributed by atoms with Gasteiger partial charge in [-0.25, -0.2) is 0 Å². The van der Waals surface area contributed by atoms with Crippen molar-refractivity contribution in [3.63, 3.8) is 0 Å². The number of ether oxygens (including phenoxy) is 2. The van der Waals surface area contributed by atoms with E-state index < -0.39 is 17.3 Å². The Morgan fingerprint density at radius 2 is 1.62 bits per heavy atom. The van der Waals surface area contributed by atoms with Crippen molar-refractivity contribution >= 4 is 39.4 Å². The molecule has 19 rings (SSSR count). The average molecular weight is 1270 g/mol. The van der Waals surface area contributed by atoms with Crippen molar-refractivity contribution in [2.45, 2.75) is 279 Å². The number of rotatable bonds is 5. The van der Waals surface area contributed by atoms with E-state index in [0.29, 0.717) is 91.1 Å². The minimum absolute atomic E-state index is 0.0789. The van der Waals surface area contributed by atoms with E-state index in [1.54, 1.807) is 6.92 Å². The molecule has 16 atom stereocenters. The number of hydrogen-bond acceptors (Lipinski definition) is 12. The summed E-state index contributed by atoms with van der Waals surface area (Å²) in [5, 5.41) is 40.4. The van der Waals surface area contributed by atoms with E-state index in [0.717, 1.165) is 99.0 Å². The molecule has 11 fully saturated rings. The minimum Gasteiger partial charge on any atom is -0.504 e. The van der Waals surface area contributed by atoms with Crippen LogP contribution in [0.25, 0.3) is 0 Å². The molecule has 2 aromatic carbocycles. The highest BCUT2D eigenvalue weighted by Gasteiger charge is 2.73. The summed E-state index contributed by atoms with van der Waals surface area (Å²) in [6, 6.07) is 13.1. The van der Waals surface area contributed by atoms with Gasteiger partial charge in [-0.05, 0) is 267 Å². The quantitative estimate of drug-likeness (QED) is 0.110. The standard InChI is InChI=1S/C77H108N4O7S2/c1-51(83)87-72-33-22-53-41-56(66(86)67-65(53)54-23-35-75(88-67)29-10-16-58(75)42-54)47-81-50-73(45-64(81)85)59(20-21-62(73)52-13-3-2-4-14-52)46-79-68(78)80-77(32-12-28-70(77)26-5-6-27-70)90-89-48-60-19-18-55(61(24-34-72)63(84)44-72)43-74(60)39-38-71(76(74)30-7-8-31-76)37-36-69(49-71)25-9-15-57(69)17-11-40-82/h2-4,13-14,23,35,41,54-55,57-63,82,84,86H,5-12,15-22,24-34,36-40,42-50H2,1H3,(H3,78,79,80). The summed E-state index contributed by atoms with van der Waals surface area (Å²) in [4.78, 5) is 36.0. The first-order valence-corrected chi connectivity index (χ1v) is 39.4. The Balaban J connectivity index is 0.791. The third-order valence-electron chi connectivity index (χ3n) is 30.3. The third-order valence-corrected chi connectivity index (χ3v) is 33.6. The molecule has 11 nitrogen and oxygen atoms in total. The number of carbonyl (C=O) groups excluding carboxylic acids is 2. The highest BCUT2D eigenvalue weighted by atomic mass is 33.1. The lowest BCUT2D eigenvalue weighted by atomic mass is 9.45. The van der Waals surface area contributed by atoms with Gasteiger partial charge in [0.15, 0.2) is 17.5 Å². The molecule has 90 heavy (non-hydrogen) atoms. The maximum Gasteiger partial charge on any atom is 0.303 e. The molecule has 6 N–H and O–H groups in total. The van der Waals surface area contributed by atoms with Crippen LogP contribution in [0.15, 0.2) is 53.5 Å². The van der Waals surface area contributed by atoms with E-state index in [2.05, 4.69) is 75.5 Å². The topological polar surface area (TPSA) is 167 Å². The molecule has 11 aliphatic carbocycles. The number of aliphatic hydroxyl groups excluding tert-OH is 2. The first kappa shape index (κ1) is 61.5. The van der Waals surface area contributed by atoms with E-state index in [4.69, 9.17) is 20.2 Å². The van der Waals surface area contributed by atoms with Crippen molar-refractivity contribution < 1.29 is 34.4 Å². The maximum atomic E-state index is 15.1. The molecule has 6 aliphatic heterocycles. The van der Waals surface area contributed by atoms with Crippen molar-refractivity contribution in [2.75, 3.05) is 25.4 Å². The number of carbonyl (C=O) groups is 2. The molecule has 2 aromatic rings. The second kappa shape index (κ2) is 23.2. The monoisotopic (exact) mass is 1260 g/mol. The molecule has 6 heterocycles. The Morgan fingerprint density at radius 1 is 0.822 bits per heavy atom. The number of aryl methyl sites for hydroxylation is 1. The summed E-state index contributed by atoms with van der Waals surface area (Å²) < 4.78 is 14.0. The molecule has 13 heteroatoms. The number of esters is 1. The Morgan fingerprint density at radius 3 is 2.44 bits per heavy atom. The molecular weight excluding hydrogens is 1160 g/mol. The van der Waals surface area contributed by atoms with Gasteiger partial charge in [-0.1, -0.05) is 90.1 Å². The number of phenolic OH excluding ortho intramolecular Hbond substituents is 1. The van der Waals surface area contributed by atoms with Crippen LogP contribution in [-0.4, -0.2) is 85.7 Å². The summed E-state index contributed by atoms with van der Waals surface area (Å²) in [6.45, 7) is 3.30. The molecule has 1 saturated heterocycles. The molecular formula is C77H108N4O7S2. The molecule has 490 valence electrons. The maximum absolute atomic E-state index is 15.1. The number of fused-ring (bicyclic) bond motifs is 2. The SMILES string of the molecule is CC(=O)OC12CCc3cc(c(O)c4c3C3C=CC5(CCCC5C3)O4)CN3CC4(CC3=O)C(CCC4c3ccccc3)CN=C(N)NC3(CCCC34CCCC4)SSCC3CCC(CC34CCC3(CCC5(CCCC5CCCO)C3)C43CCCC3)C(CC1)C(O)C2. The van der Waals surface area contributed by atoms with E-state index in [1.165, 1.54) is 140 Å². The van der Waals surface area contributed by atoms with Gasteiger partial charge in [0, 0.05) is 85.6 Å². The summed E-state index contributed by atoms with van der Waals surface area (Å²) in [5.41, 5.74) is 11.4. The second-order valence-electron chi connectivity index (χ2n) is 33.6. The van der Waals surface area contributed by atoms with Gasteiger partial charge in [-0.15, -0.1) is 0 Å². The van der Waals surface area contributed by atoms with Gasteiger partial charge in [0.05, 0.1) is 6.10 Å². The predicted octanol–water partition coefficient (Wildman–Crippen LogP) is 15.9. The van der Waals surface area contributed by atoms with E-state index in [-0.39, 0.29) is 69.0 Å². The van der Waals surface area contributed by atoms with E-state index in [9.17, 15) is 20.1 Å². The van der Waals surface area contributed by atoms with Gasteiger partial charge >= 0.3 is 5.97 Å². The third kappa shape index (κ3) is 9.57. The Kier molecular flexibility index (Phi) is 15.8. The second-order valence-corrected chi connectivity index (χ2v) is 36.3. The van der Waals surface area contributed by atoms with Crippen molar-refractivity contribution in [1.29, 1.82) is 0 Å². The van der Waals surface area contributed by atoms with Crippen LogP contribution < -0.4 is 15.8 Å². The van der Waals surface area contributed by atoms with Gasteiger partial charge in [-0.2, -0.15) is 0 Å². The van der Waals surface area contributed by atoms with Crippen LogP contribution in [0.1, 0.15) is 266 Å². The molecule has 17 aliphatic rings. The van der Waals surface area contributed by atoms with Crippen LogP contribution in [-0.2, 0) is 27.3 Å². The summed E-state index contributed by atoms with van der Waals surface area (Å²) in [7, 11) is 4.36. The number of nitrogens with two attached hydrogens (primary N) is 1. The highest BCUT2D eigenvalue weighted by Crippen LogP contribution is 2.82. The Bertz CT molecular complexity index is 3120. The number of nitrogens with zero attached hydrogens (tertiary/aromatic N) is 2. The van der Waals surface area contributed by atoms with E-state index in [1.807, 2.05) is 4.90 Å². The zero-order chi connectivity index (χ0) is 61.4. The van der Waals surface area contributed by atoms with Crippen LogP contribution in [0.5, 0.6) is 11.5 Å². The van der Waals surface area contributed by atoms with E-state index >= 15 is 4.79 Å². The van der Waals surface area contributed by atoms with Crippen LogP contribution in [0.4, 0.5) is 0 Å². The molecule has 8 spiro atoms. The van der Waals surface area contributed by atoms with Crippen molar-refractivity contribution in [3.8, 4) is 11.5 Å². The van der Waals surface area contributed by atoms with Crippen molar-refractivity contribution in [3.05, 3.63) is 70.8 Å². The van der Waals surface area contributed by atoms with Crippen molar-refractivity contribution in [2.24, 2.45) is 78.7 Å². The molecule has 16 unspecified atom stereocenters. The molecule has 10 saturated carbocycles. The minimum atomic E-state index is -0.834. The van der Waals surface area contributed by atoms with Crippen molar-refractivity contribution in [1.82, 2.24) is 10.2 Å². The lowest BCUT2D eigenvalue weighted by molar-refractivity contribution is -0.173. The Hall–Kier alpha value is -3.39. The normalized spacial score (nSPS) is 43.2. The summed E-state index contributed by atoms with van der Waals surface area (Å²) in [5.74, 6) is 4.99. The van der Waals surface area contributed by atoms with Gasteiger partial charge in [0.25, 0.3) is 0 Å². The number of amides is 1. The van der Waals surface area contributed by atoms with Gasteiger partial charge in [-0.3, -0.25) is 14.6 Å². The first-order chi connectivity index (χ1) is 43.6. The largest absolute Gasteiger partial charge is 0.504 e. The predicted molar refractivity (Wildman–Crippen MR) is 359 cm³/mol. The molecule has 0 radical (unpaired) electrons. The van der Waals surface area contributed by atoms with Crippen LogP contribution in [0.2, 0.25) is 0 Å². The number of aliphatic hydroxyl groups is 2. The number of hydrogen-bond donors (Lipinski definition) is 5. The average Bonchev–Trinajstić information content (AvgIpc) is 1.50.